The van der Waals surface area contributed by atoms with Gasteiger partial charge >= 0.3 is 5.97 Å². The molecule has 106 valence electrons. The summed E-state index contributed by atoms with van der Waals surface area (Å²) in [5.74, 6) is -0.670. The van der Waals surface area contributed by atoms with E-state index in [0.717, 1.165) is 34.2 Å². The van der Waals surface area contributed by atoms with E-state index in [2.05, 4.69) is 6.92 Å². The molecule has 0 aliphatic rings. The minimum atomic E-state index is -0.670. The van der Waals surface area contributed by atoms with Crippen LogP contribution in [-0.4, -0.2) is 47.7 Å². The molecule has 0 heterocycles. The van der Waals surface area contributed by atoms with Crippen LogP contribution in [0.25, 0.3) is 0 Å². The van der Waals surface area contributed by atoms with Crippen molar-refractivity contribution in [2.24, 2.45) is 0 Å². The number of hydrogen-bond donors (Lipinski definition) is 4. The van der Waals surface area contributed by atoms with Crippen molar-refractivity contribution in [1.82, 2.24) is 0 Å². The van der Waals surface area contributed by atoms with Crippen LogP contribution in [0.3, 0.4) is 0 Å². The quantitative estimate of drug-likeness (QED) is 0.435. The fourth-order valence-electron chi connectivity index (χ4n) is 0.880. The molecule has 0 aliphatic heterocycles. The topological polar surface area (TPSA) is 98.0 Å². The monoisotopic (exact) mass is 288 g/mol. The zero-order valence-corrected chi connectivity index (χ0v) is 13.0. The fraction of sp³-hybridized carbons (Fsp3) is 0.909. The molecule has 0 aromatic heterocycles. The summed E-state index contributed by atoms with van der Waals surface area (Å²) < 4.78 is 0. The average molecular weight is 288 g/mol. The first-order valence-corrected chi connectivity index (χ1v) is 5.33. The van der Waals surface area contributed by atoms with Crippen LogP contribution in [0, 0.1) is 0 Å². The summed E-state index contributed by atoms with van der Waals surface area (Å²) in [5, 5.41) is 29.3. The molecule has 0 saturated heterocycles. The normalized spacial score (nSPS) is 6.76. The van der Waals surface area contributed by atoms with Crippen LogP contribution in [0.1, 0.15) is 45.4 Å². The smallest absolute Gasteiger partial charge is 0.303 e. The number of carbonyl (C=O) groups is 1. The predicted octanol–water partition coefficient (Wildman–Crippen LogP) is 1.25. The van der Waals surface area contributed by atoms with Gasteiger partial charge in [0.2, 0.25) is 0 Å². The first kappa shape index (κ1) is 30.3. The minimum absolute atomic E-state index is 0. The van der Waals surface area contributed by atoms with Gasteiger partial charge in [-0.25, -0.2) is 0 Å². The molecule has 0 spiro atoms. The first-order chi connectivity index (χ1) is 7.77. The molecule has 0 aromatic rings. The van der Waals surface area contributed by atoms with Crippen LogP contribution < -0.4 is 0 Å². The molecular weight excluding hydrogens is 260 g/mol. The third kappa shape index (κ3) is 63.7. The molecule has 5 nitrogen and oxygen atoms in total. The zero-order chi connectivity index (χ0) is 13.8. The van der Waals surface area contributed by atoms with Gasteiger partial charge in [-0.2, -0.15) is 0 Å². The molecule has 0 unspecified atom stereocenters. The Kier molecular flexibility index (Phi) is 79.0. The van der Waals surface area contributed by atoms with E-state index in [1.807, 2.05) is 0 Å². The van der Waals surface area contributed by atoms with Gasteiger partial charge in [0.25, 0.3) is 0 Å². The molecule has 0 aliphatic carbocycles. The van der Waals surface area contributed by atoms with E-state index >= 15 is 0 Å². The number of unbranched alkanes of at least 4 members (excludes halogenated alkanes) is 4. The maximum absolute atomic E-state index is 10.0. The first-order valence-electron chi connectivity index (χ1n) is 5.33. The van der Waals surface area contributed by atoms with Gasteiger partial charge in [0.05, 0.1) is 0 Å². The summed E-state index contributed by atoms with van der Waals surface area (Å²) in [7, 11) is 3.00. The molecule has 0 rings (SSSR count). The van der Waals surface area contributed by atoms with Gasteiger partial charge in [-0.1, -0.05) is 32.6 Å². The summed E-state index contributed by atoms with van der Waals surface area (Å²) in [6.07, 6.45) is 5.88. The van der Waals surface area contributed by atoms with Crippen molar-refractivity contribution in [3.05, 3.63) is 0 Å². The van der Waals surface area contributed by atoms with E-state index in [0.29, 0.717) is 6.42 Å². The van der Waals surface area contributed by atoms with Gasteiger partial charge in [0, 0.05) is 49.5 Å². The Hall–Kier alpha value is 0.0643. The molecule has 0 atom stereocenters. The summed E-state index contributed by atoms with van der Waals surface area (Å²) >= 11 is 0. The molecule has 4 N–H and O–H groups in total. The van der Waals surface area contributed by atoms with Crippen LogP contribution in [0.15, 0.2) is 0 Å². The van der Waals surface area contributed by atoms with Crippen LogP contribution in [-0.2, 0) is 26.5 Å². The number of carboxylic acids is 1. The SMILES string of the molecule is CCCCCCCC(=O)O.CO.CO.CO.[Ti]. The largest absolute Gasteiger partial charge is 0.481 e. The molecule has 0 amide bonds. The second-order valence-electron chi connectivity index (χ2n) is 2.56. The average Bonchev–Trinajstić information content (AvgIpc) is 2.36. The van der Waals surface area contributed by atoms with Crippen molar-refractivity contribution in [3.63, 3.8) is 0 Å². The van der Waals surface area contributed by atoms with Crippen LogP contribution in [0.2, 0.25) is 0 Å². The van der Waals surface area contributed by atoms with Gasteiger partial charge in [-0.3, -0.25) is 4.79 Å². The Balaban J connectivity index is -0.0000000594. The maximum atomic E-state index is 10.0. The number of rotatable bonds is 6. The number of carboxylic acid groups (broad SMARTS) is 1. The fourth-order valence-corrected chi connectivity index (χ4v) is 0.880. The van der Waals surface area contributed by atoms with Gasteiger partial charge in [-0.05, 0) is 6.42 Å². The van der Waals surface area contributed by atoms with E-state index in [1.54, 1.807) is 0 Å². The van der Waals surface area contributed by atoms with Crippen LogP contribution in [0.5, 0.6) is 0 Å². The number of hydrogen-bond acceptors (Lipinski definition) is 4. The van der Waals surface area contributed by atoms with Gasteiger partial charge < -0.3 is 20.4 Å². The van der Waals surface area contributed by atoms with E-state index in [1.165, 1.54) is 19.3 Å². The van der Waals surface area contributed by atoms with E-state index in [4.69, 9.17) is 20.4 Å². The second kappa shape index (κ2) is 44.4. The molecule has 0 saturated carbocycles. The Morgan fingerprint density at radius 3 is 1.47 bits per heavy atom. The van der Waals surface area contributed by atoms with Gasteiger partial charge in [-0.15, -0.1) is 0 Å². The van der Waals surface area contributed by atoms with Gasteiger partial charge in [0.15, 0.2) is 0 Å². The zero-order valence-electron chi connectivity index (χ0n) is 11.4. The van der Waals surface area contributed by atoms with Gasteiger partial charge in [0.1, 0.15) is 0 Å². The van der Waals surface area contributed by atoms with Crippen LogP contribution >= 0.6 is 0 Å². The van der Waals surface area contributed by atoms with E-state index in [9.17, 15) is 4.79 Å². The van der Waals surface area contributed by atoms with Crippen molar-refractivity contribution < 1.29 is 46.9 Å². The van der Waals surface area contributed by atoms with Crippen molar-refractivity contribution in [2.45, 2.75) is 45.4 Å². The van der Waals surface area contributed by atoms with Crippen molar-refractivity contribution >= 4 is 5.97 Å². The molecule has 6 heteroatoms. The predicted molar refractivity (Wildman–Crippen MR) is 65.4 cm³/mol. The summed E-state index contributed by atoms with van der Waals surface area (Å²) in [5.41, 5.74) is 0. The molecule has 0 fully saturated rings. The molecular formula is C11H28O5Ti. The second-order valence-corrected chi connectivity index (χ2v) is 2.56. The molecule has 0 aromatic carbocycles. The van der Waals surface area contributed by atoms with Crippen molar-refractivity contribution in [2.75, 3.05) is 21.3 Å². The Morgan fingerprint density at radius 1 is 0.824 bits per heavy atom. The number of aliphatic hydroxyl groups is 3. The maximum Gasteiger partial charge on any atom is 0.303 e. The van der Waals surface area contributed by atoms with Crippen LogP contribution in [0.4, 0.5) is 0 Å². The Labute approximate surface area is 120 Å². The Morgan fingerprint density at radius 2 is 1.18 bits per heavy atom. The molecule has 0 bridgehead atoms. The third-order valence-corrected chi connectivity index (χ3v) is 1.49. The number of aliphatic hydroxyl groups excluding tert-OH is 3. The standard InChI is InChI=1S/C8H16O2.3CH4O.Ti/c1-2-3-4-5-6-7-8(9)10;3*1-2;/h2-7H2,1H3,(H,9,10);3*2H,1H3;. The summed E-state index contributed by atoms with van der Waals surface area (Å²) in [4.78, 5) is 10.0. The summed E-state index contributed by atoms with van der Waals surface area (Å²) in [6.45, 7) is 2.15. The van der Waals surface area contributed by atoms with E-state index in [-0.39, 0.29) is 21.7 Å². The van der Waals surface area contributed by atoms with E-state index < -0.39 is 5.97 Å². The van der Waals surface area contributed by atoms with Crippen molar-refractivity contribution in [3.8, 4) is 0 Å². The summed E-state index contributed by atoms with van der Waals surface area (Å²) in [6, 6.07) is 0. The minimum Gasteiger partial charge on any atom is -0.481 e. The molecule has 0 radical (unpaired) electrons. The van der Waals surface area contributed by atoms with Crippen molar-refractivity contribution in [1.29, 1.82) is 0 Å². The third-order valence-electron chi connectivity index (χ3n) is 1.49. The molecule has 17 heavy (non-hydrogen) atoms. The number of aliphatic carboxylic acids is 1. The Bertz CT molecular complexity index is 102.